The van der Waals surface area contributed by atoms with E-state index < -0.39 is 10.0 Å². The normalized spacial score (nSPS) is 15.3. The van der Waals surface area contributed by atoms with Crippen molar-refractivity contribution < 1.29 is 13.2 Å². The van der Waals surface area contributed by atoms with Gasteiger partial charge in [0.1, 0.15) is 0 Å². The van der Waals surface area contributed by atoms with Crippen LogP contribution in [0.25, 0.3) is 0 Å². The number of piperazine rings is 1. The molecule has 1 aliphatic rings. The van der Waals surface area contributed by atoms with Crippen LogP contribution >= 0.6 is 0 Å². The van der Waals surface area contributed by atoms with Crippen LogP contribution in [0.15, 0.2) is 42.5 Å². The van der Waals surface area contributed by atoms with Gasteiger partial charge in [-0.15, -0.1) is 0 Å². The van der Waals surface area contributed by atoms with Crippen molar-refractivity contribution in [2.24, 2.45) is 0 Å². The van der Waals surface area contributed by atoms with Crippen LogP contribution in [0.2, 0.25) is 0 Å². The van der Waals surface area contributed by atoms with Gasteiger partial charge in [0.2, 0.25) is 10.0 Å². The summed E-state index contributed by atoms with van der Waals surface area (Å²) in [6.45, 7) is 10.5. The number of para-hydroxylation sites is 1. The molecule has 0 spiro atoms. The summed E-state index contributed by atoms with van der Waals surface area (Å²) in [5.41, 5.74) is 4.03. The van der Waals surface area contributed by atoms with Crippen molar-refractivity contribution in [3.05, 3.63) is 64.7 Å². The van der Waals surface area contributed by atoms with Gasteiger partial charge in [-0.3, -0.25) is 9.10 Å². The number of carbonyl (C=O) groups is 1. The number of rotatable bonds is 6. The van der Waals surface area contributed by atoms with Crippen LogP contribution in [-0.2, 0) is 16.6 Å². The second kappa shape index (κ2) is 9.18. The van der Waals surface area contributed by atoms with Crippen LogP contribution in [0.3, 0.4) is 0 Å². The second-order valence-electron chi connectivity index (χ2n) is 7.93. The predicted octanol–water partition coefficient (Wildman–Crippen LogP) is 3.05. The number of benzene rings is 2. The third-order valence-electron chi connectivity index (χ3n) is 5.72. The third kappa shape index (κ3) is 5.02. The van der Waals surface area contributed by atoms with Gasteiger partial charge in [-0.25, -0.2) is 8.42 Å². The molecule has 0 atom stereocenters. The topological polar surface area (TPSA) is 60.9 Å². The molecule has 2 aromatic rings. The average molecular weight is 430 g/mol. The molecule has 1 heterocycles. The number of hydrogen-bond acceptors (Lipinski definition) is 4. The van der Waals surface area contributed by atoms with Crippen molar-refractivity contribution in [3.8, 4) is 0 Å². The Morgan fingerprint density at radius 2 is 1.53 bits per heavy atom. The molecule has 0 aliphatic carbocycles. The Kier molecular flexibility index (Phi) is 6.83. The highest BCUT2D eigenvalue weighted by Crippen LogP contribution is 2.28. The number of likely N-dealkylation sites (N-methyl/N-ethyl adjacent to an activating group) is 1. The minimum Gasteiger partial charge on any atom is -0.336 e. The van der Waals surface area contributed by atoms with Gasteiger partial charge < -0.3 is 9.80 Å². The molecule has 162 valence electrons. The Bertz CT molecular complexity index is 975. The molecule has 30 heavy (non-hydrogen) atoms. The zero-order valence-corrected chi connectivity index (χ0v) is 19.1. The number of carbonyl (C=O) groups excluding carboxylic acids is 1. The van der Waals surface area contributed by atoms with Gasteiger partial charge in [-0.2, -0.15) is 0 Å². The fourth-order valence-corrected chi connectivity index (χ4v) is 4.93. The number of sulfonamides is 1. The van der Waals surface area contributed by atoms with Crippen LogP contribution in [-0.4, -0.2) is 63.1 Å². The molecule has 1 amide bonds. The molecule has 2 aromatic carbocycles. The number of anilines is 1. The van der Waals surface area contributed by atoms with E-state index in [0.717, 1.165) is 49.4 Å². The first-order chi connectivity index (χ1) is 14.2. The molecule has 0 saturated carbocycles. The Labute approximate surface area is 180 Å². The standard InChI is InChI=1S/C23H31N3O3S/c1-5-24-13-15-25(16-14-24)23(27)21-11-9-20(10-12-21)17-26(30(4,28)29)22-18(2)7-6-8-19(22)3/h6-12H,5,13-17H2,1-4H3. The van der Waals surface area contributed by atoms with Gasteiger partial charge in [-0.05, 0) is 49.2 Å². The highest BCUT2D eigenvalue weighted by molar-refractivity contribution is 7.92. The summed E-state index contributed by atoms with van der Waals surface area (Å²) in [5, 5.41) is 0. The summed E-state index contributed by atoms with van der Waals surface area (Å²) in [6, 6.07) is 13.1. The van der Waals surface area contributed by atoms with E-state index in [0.29, 0.717) is 11.3 Å². The van der Waals surface area contributed by atoms with Crippen molar-refractivity contribution in [1.29, 1.82) is 0 Å². The minimum absolute atomic E-state index is 0.0343. The van der Waals surface area contributed by atoms with Gasteiger partial charge in [0, 0.05) is 31.7 Å². The molecule has 0 aromatic heterocycles. The molecule has 1 saturated heterocycles. The van der Waals surface area contributed by atoms with Gasteiger partial charge in [0.05, 0.1) is 18.5 Å². The van der Waals surface area contributed by atoms with Crippen molar-refractivity contribution in [2.45, 2.75) is 27.3 Å². The Hall–Kier alpha value is -2.38. The largest absolute Gasteiger partial charge is 0.336 e. The summed E-state index contributed by atoms with van der Waals surface area (Å²) in [6.07, 6.45) is 1.23. The van der Waals surface area contributed by atoms with Gasteiger partial charge >= 0.3 is 0 Å². The maximum Gasteiger partial charge on any atom is 0.253 e. The molecule has 0 N–H and O–H groups in total. The van der Waals surface area contributed by atoms with Crippen LogP contribution in [0.5, 0.6) is 0 Å². The Morgan fingerprint density at radius 3 is 2.03 bits per heavy atom. The number of nitrogens with zero attached hydrogens (tertiary/aromatic N) is 3. The summed E-state index contributed by atoms with van der Waals surface area (Å²) < 4.78 is 26.5. The number of amides is 1. The van der Waals surface area contributed by atoms with E-state index in [-0.39, 0.29) is 12.5 Å². The summed E-state index contributed by atoms with van der Waals surface area (Å²) in [4.78, 5) is 17.0. The molecule has 3 rings (SSSR count). The van der Waals surface area contributed by atoms with E-state index in [1.165, 1.54) is 10.6 Å². The van der Waals surface area contributed by atoms with E-state index in [1.54, 1.807) is 12.1 Å². The maximum absolute atomic E-state index is 12.8. The maximum atomic E-state index is 12.8. The molecule has 0 radical (unpaired) electrons. The highest BCUT2D eigenvalue weighted by atomic mass is 32.2. The first-order valence-electron chi connectivity index (χ1n) is 10.3. The van der Waals surface area contributed by atoms with Crippen LogP contribution < -0.4 is 4.31 Å². The van der Waals surface area contributed by atoms with Gasteiger partial charge in [0.15, 0.2) is 0 Å². The molecular weight excluding hydrogens is 398 g/mol. The van der Waals surface area contributed by atoms with Gasteiger partial charge in [-0.1, -0.05) is 37.3 Å². The summed E-state index contributed by atoms with van der Waals surface area (Å²) in [5.74, 6) is 0.0343. The van der Waals surface area contributed by atoms with E-state index in [1.807, 2.05) is 49.1 Å². The van der Waals surface area contributed by atoms with E-state index >= 15 is 0 Å². The molecule has 1 aliphatic heterocycles. The summed E-state index contributed by atoms with van der Waals surface area (Å²) in [7, 11) is -3.46. The van der Waals surface area contributed by atoms with E-state index in [4.69, 9.17) is 0 Å². The lowest BCUT2D eigenvalue weighted by molar-refractivity contribution is 0.0643. The zero-order chi connectivity index (χ0) is 21.9. The smallest absolute Gasteiger partial charge is 0.253 e. The average Bonchev–Trinajstić information content (AvgIpc) is 2.72. The van der Waals surface area contributed by atoms with Crippen molar-refractivity contribution in [3.63, 3.8) is 0 Å². The Balaban J connectivity index is 1.77. The van der Waals surface area contributed by atoms with Crippen LogP contribution in [0, 0.1) is 13.8 Å². The van der Waals surface area contributed by atoms with E-state index in [9.17, 15) is 13.2 Å². The molecule has 7 heteroatoms. The number of aryl methyl sites for hydroxylation is 2. The second-order valence-corrected chi connectivity index (χ2v) is 9.84. The minimum atomic E-state index is -3.46. The van der Waals surface area contributed by atoms with Crippen molar-refractivity contribution >= 4 is 21.6 Å². The first-order valence-corrected chi connectivity index (χ1v) is 12.2. The van der Waals surface area contributed by atoms with Crippen LogP contribution in [0.1, 0.15) is 34.0 Å². The fraction of sp³-hybridized carbons (Fsp3) is 0.435. The Morgan fingerprint density at radius 1 is 0.967 bits per heavy atom. The SMILES string of the molecule is CCN1CCN(C(=O)c2ccc(CN(c3c(C)cccc3C)S(C)(=O)=O)cc2)CC1. The molecular formula is C23H31N3O3S. The zero-order valence-electron chi connectivity index (χ0n) is 18.3. The lowest BCUT2D eigenvalue weighted by atomic mass is 10.1. The van der Waals surface area contributed by atoms with Crippen LogP contribution in [0.4, 0.5) is 5.69 Å². The van der Waals surface area contributed by atoms with Crippen molar-refractivity contribution in [1.82, 2.24) is 9.80 Å². The molecule has 6 nitrogen and oxygen atoms in total. The monoisotopic (exact) mass is 429 g/mol. The summed E-state index contributed by atoms with van der Waals surface area (Å²) >= 11 is 0. The molecule has 0 unspecified atom stereocenters. The fourth-order valence-electron chi connectivity index (χ4n) is 3.93. The lowest BCUT2D eigenvalue weighted by Crippen LogP contribution is -2.48. The lowest BCUT2D eigenvalue weighted by Gasteiger charge is -2.34. The van der Waals surface area contributed by atoms with Gasteiger partial charge in [0.25, 0.3) is 5.91 Å². The first kappa shape index (κ1) is 22.3. The number of hydrogen-bond donors (Lipinski definition) is 0. The van der Waals surface area contributed by atoms with E-state index in [2.05, 4.69) is 11.8 Å². The molecule has 1 fully saturated rings. The predicted molar refractivity (Wildman–Crippen MR) is 121 cm³/mol. The highest BCUT2D eigenvalue weighted by Gasteiger charge is 2.23. The van der Waals surface area contributed by atoms with Crippen molar-refractivity contribution in [2.75, 3.05) is 43.3 Å². The molecule has 0 bridgehead atoms. The third-order valence-corrected chi connectivity index (χ3v) is 6.84. The quantitative estimate of drug-likeness (QED) is 0.708.